The van der Waals surface area contributed by atoms with Crippen LogP contribution >= 0.6 is 0 Å². The maximum atomic E-state index is 12.8. The van der Waals surface area contributed by atoms with Crippen LogP contribution in [0.15, 0.2) is 20.7 Å². The zero-order valence-corrected chi connectivity index (χ0v) is 13.5. The van der Waals surface area contributed by atoms with Crippen LogP contribution in [0.2, 0.25) is 0 Å². The Morgan fingerprint density at radius 1 is 1.14 bits per heavy atom. The second-order valence-electron chi connectivity index (χ2n) is 5.95. The largest absolute Gasteiger partial charge is 0.330 e. The van der Waals surface area contributed by atoms with Crippen molar-refractivity contribution in [2.75, 3.05) is 26.2 Å². The summed E-state index contributed by atoms with van der Waals surface area (Å²) in [6.07, 6.45) is 3.19. The molecule has 0 radical (unpaired) electrons. The van der Waals surface area contributed by atoms with E-state index in [0.717, 1.165) is 34.7 Å². The average molecular weight is 328 g/mol. The summed E-state index contributed by atoms with van der Waals surface area (Å²) in [4.78, 5) is 25.9. The summed E-state index contributed by atoms with van der Waals surface area (Å²) < 4.78 is 28.9. The molecule has 0 aliphatic carbocycles. The van der Waals surface area contributed by atoms with Gasteiger partial charge in [-0.05, 0) is 19.4 Å². The predicted octanol–water partition coefficient (Wildman–Crippen LogP) is -1.45. The first-order valence-corrected chi connectivity index (χ1v) is 8.77. The van der Waals surface area contributed by atoms with E-state index >= 15 is 0 Å². The van der Waals surface area contributed by atoms with Crippen molar-refractivity contribution in [3.8, 4) is 0 Å². The lowest BCUT2D eigenvalue weighted by Crippen LogP contribution is -2.53. The number of rotatable bonds is 2. The van der Waals surface area contributed by atoms with Crippen LogP contribution in [0, 0.1) is 0 Å². The number of hydrogen-bond donors (Lipinski definition) is 0. The molecule has 0 spiro atoms. The zero-order valence-electron chi connectivity index (χ0n) is 12.7. The third kappa shape index (κ3) is 2.33. The van der Waals surface area contributed by atoms with Gasteiger partial charge in [-0.15, -0.1) is 0 Å². The summed E-state index contributed by atoms with van der Waals surface area (Å²) in [6.45, 7) is 2.50. The molecular weight excluding hydrogens is 308 g/mol. The third-order valence-corrected chi connectivity index (χ3v) is 6.43. The topological polar surface area (TPSA) is 84.6 Å². The first kappa shape index (κ1) is 15.4. The van der Waals surface area contributed by atoms with Gasteiger partial charge in [0.25, 0.3) is 5.56 Å². The number of hydrogen-bond acceptors (Lipinski definition) is 5. The second kappa shape index (κ2) is 5.32. The molecule has 122 valence electrons. The Balaban J connectivity index is 2.00. The van der Waals surface area contributed by atoms with Gasteiger partial charge in [0.1, 0.15) is 0 Å². The van der Waals surface area contributed by atoms with E-state index in [-0.39, 0.29) is 10.9 Å². The number of sulfonamides is 1. The molecule has 9 heteroatoms. The minimum atomic E-state index is -3.88. The Bertz CT molecular complexity index is 810. The molecule has 1 aromatic rings. The fourth-order valence-electron chi connectivity index (χ4n) is 3.27. The Morgan fingerprint density at radius 3 is 2.59 bits per heavy atom. The van der Waals surface area contributed by atoms with Gasteiger partial charge in [-0.25, -0.2) is 13.2 Å². The molecule has 0 amide bonds. The lowest BCUT2D eigenvalue weighted by atomic mass is 10.2. The molecule has 8 nitrogen and oxygen atoms in total. The van der Waals surface area contributed by atoms with Crippen molar-refractivity contribution >= 4 is 10.0 Å². The van der Waals surface area contributed by atoms with Gasteiger partial charge in [0.2, 0.25) is 10.0 Å². The highest BCUT2D eigenvalue weighted by molar-refractivity contribution is 7.89. The van der Waals surface area contributed by atoms with Crippen LogP contribution in [0.4, 0.5) is 0 Å². The van der Waals surface area contributed by atoms with Gasteiger partial charge in [-0.1, -0.05) is 0 Å². The first-order chi connectivity index (χ1) is 10.3. The van der Waals surface area contributed by atoms with E-state index in [1.807, 2.05) is 0 Å². The summed E-state index contributed by atoms with van der Waals surface area (Å²) in [5.74, 6) is 0. The smallest absolute Gasteiger partial charge is 0.302 e. The summed E-state index contributed by atoms with van der Waals surface area (Å²) >= 11 is 0. The summed E-state index contributed by atoms with van der Waals surface area (Å²) in [5.41, 5.74) is -1.30. The van der Waals surface area contributed by atoms with E-state index in [4.69, 9.17) is 0 Å². The van der Waals surface area contributed by atoms with Crippen LogP contribution in [0.5, 0.6) is 0 Å². The van der Waals surface area contributed by atoms with E-state index < -0.39 is 21.3 Å². The van der Waals surface area contributed by atoms with Gasteiger partial charge < -0.3 is 4.57 Å². The normalized spacial score (nSPS) is 23.6. The Morgan fingerprint density at radius 2 is 1.86 bits per heavy atom. The number of nitrogens with zero attached hydrogens (tertiary/aromatic N) is 4. The SMILES string of the molecule is Cn1cc(S(=O)(=O)N2CCN3CCC[C@@H]3C2)c(=O)n(C)c1=O. The molecule has 0 aromatic carbocycles. The molecule has 3 rings (SSSR count). The highest BCUT2D eigenvalue weighted by Crippen LogP contribution is 2.24. The Hall–Kier alpha value is -1.45. The van der Waals surface area contributed by atoms with Crippen molar-refractivity contribution in [1.29, 1.82) is 0 Å². The quantitative estimate of drug-likeness (QED) is 0.663. The molecule has 0 bridgehead atoms. The van der Waals surface area contributed by atoms with E-state index in [2.05, 4.69) is 4.90 Å². The number of aromatic nitrogens is 2. The Labute approximate surface area is 128 Å². The zero-order chi connectivity index (χ0) is 16.1. The van der Waals surface area contributed by atoms with Gasteiger partial charge >= 0.3 is 5.69 Å². The fourth-order valence-corrected chi connectivity index (χ4v) is 4.89. The van der Waals surface area contributed by atoms with Crippen LogP contribution < -0.4 is 11.2 Å². The van der Waals surface area contributed by atoms with Crippen molar-refractivity contribution in [3.63, 3.8) is 0 Å². The van der Waals surface area contributed by atoms with Crippen molar-refractivity contribution in [3.05, 3.63) is 27.0 Å². The van der Waals surface area contributed by atoms with Crippen LogP contribution in [-0.2, 0) is 24.1 Å². The molecule has 2 saturated heterocycles. The third-order valence-electron chi connectivity index (χ3n) is 4.58. The molecule has 22 heavy (non-hydrogen) atoms. The van der Waals surface area contributed by atoms with Crippen molar-refractivity contribution in [1.82, 2.24) is 18.3 Å². The first-order valence-electron chi connectivity index (χ1n) is 7.33. The lowest BCUT2D eigenvalue weighted by Gasteiger charge is -2.36. The van der Waals surface area contributed by atoms with E-state index in [1.54, 1.807) is 0 Å². The van der Waals surface area contributed by atoms with E-state index in [0.29, 0.717) is 19.6 Å². The number of fused-ring (bicyclic) bond motifs is 1. The van der Waals surface area contributed by atoms with Gasteiger partial charge in [0.05, 0.1) is 0 Å². The van der Waals surface area contributed by atoms with Gasteiger partial charge in [-0.3, -0.25) is 14.3 Å². The lowest BCUT2D eigenvalue weighted by molar-refractivity contribution is 0.158. The molecule has 1 aromatic heterocycles. The standard InChI is InChI=1S/C13H20N4O4S/c1-14-9-11(12(18)15(2)13(14)19)22(20,21)17-7-6-16-5-3-4-10(16)8-17/h9-10H,3-8H2,1-2H3/t10-/m1/s1. The predicted molar refractivity (Wildman–Crippen MR) is 80.3 cm³/mol. The summed E-state index contributed by atoms with van der Waals surface area (Å²) in [7, 11) is -1.15. The van der Waals surface area contributed by atoms with E-state index in [9.17, 15) is 18.0 Å². The molecule has 2 aliphatic rings. The number of aryl methyl sites for hydroxylation is 1. The van der Waals surface area contributed by atoms with Crippen LogP contribution in [0.3, 0.4) is 0 Å². The minimum absolute atomic E-state index is 0.236. The Kier molecular flexibility index (Phi) is 3.74. The van der Waals surface area contributed by atoms with Gasteiger partial charge in [-0.2, -0.15) is 4.31 Å². The minimum Gasteiger partial charge on any atom is -0.302 e. The maximum absolute atomic E-state index is 12.8. The van der Waals surface area contributed by atoms with Crippen LogP contribution in [0.1, 0.15) is 12.8 Å². The molecule has 3 heterocycles. The highest BCUT2D eigenvalue weighted by Gasteiger charge is 2.37. The van der Waals surface area contributed by atoms with Crippen molar-refractivity contribution in [2.24, 2.45) is 14.1 Å². The molecule has 2 aliphatic heterocycles. The average Bonchev–Trinajstić information content (AvgIpc) is 2.96. The molecule has 2 fully saturated rings. The van der Waals surface area contributed by atoms with Crippen molar-refractivity contribution in [2.45, 2.75) is 23.8 Å². The van der Waals surface area contributed by atoms with Gasteiger partial charge in [0, 0.05) is 46.0 Å². The molecule has 0 N–H and O–H groups in total. The highest BCUT2D eigenvalue weighted by atomic mass is 32.2. The fraction of sp³-hybridized carbons (Fsp3) is 0.692. The monoisotopic (exact) mass is 328 g/mol. The molecular formula is C13H20N4O4S. The summed E-state index contributed by atoms with van der Waals surface area (Å²) in [5, 5.41) is 0. The molecule has 1 atom stereocenters. The number of piperazine rings is 1. The molecule has 0 unspecified atom stereocenters. The van der Waals surface area contributed by atoms with Crippen LogP contribution in [0.25, 0.3) is 0 Å². The maximum Gasteiger partial charge on any atom is 0.330 e. The van der Waals surface area contributed by atoms with E-state index in [1.165, 1.54) is 18.4 Å². The molecule has 0 saturated carbocycles. The van der Waals surface area contributed by atoms with Crippen molar-refractivity contribution < 1.29 is 8.42 Å². The van der Waals surface area contributed by atoms with Crippen LogP contribution in [-0.4, -0.2) is 59.0 Å². The van der Waals surface area contributed by atoms with Gasteiger partial charge in [0.15, 0.2) is 4.90 Å². The summed E-state index contributed by atoms with van der Waals surface area (Å²) in [6, 6.07) is 0.236. The second-order valence-corrected chi connectivity index (χ2v) is 7.85.